The molecule has 0 radical (unpaired) electrons. The molecule has 0 fully saturated rings. The fourth-order valence-corrected chi connectivity index (χ4v) is 9.87. The van der Waals surface area contributed by atoms with Gasteiger partial charge in [-0.2, -0.15) is 16.8 Å². The number of phenols is 2. The number of amides is 2. The number of carbonyl (C=O) groups is 1. The van der Waals surface area contributed by atoms with Crippen LogP contribution in [0, 0.1) is 13.8 Å². The molecule has 0 aliphatic rings. The summed E-state index contributed by atoms with van der Waals surface area (Å²) in [5, 5.41) is 26.6. The largest absolute Gasteiger partial charge is 0.507 e. The predicted molar refractivity (Wildman–Crippen MR) is 206 cm³/mol. The summed E-state index contributed by atoms with van der Waals surface area (Å²) in [6.07, 6.45) is 0. The molecule has 0 saturated heterocycles. The minimum absolute atomic E-state index is 0.0368. The molecule has 0 aliphatic carbocycles. The van der Waals surface area contributed by atoms with Gasteiger partial charge in [-0.15, -0.1) is 0 Å². The highest BCUT2D eigenvalue weighted by molar-refractivity contribution is 7.91. The van der Waals surface area contributed by atoms with Crippen molar-refractivity contribution >= 4 is 90.6 Å². The van der Waals surface area contributed by atoms with Crippen molar-refractivity contribution in [3.8, 4) is 11.5 Å². The molecule has 0 spiro atoms. The highest BCUT2D eigenvalue weighted by atomic mass is 32.2. The zero-order chi connectivity index (χ0) is 41.0. The first kappa shape index (κ1) is 39.7. The fourth-order valence-electron chi connectivity index (χ4n) is 6.10. The Balaban J connectivity index is 1.19. The van der Waals surface area contributed by atoms with Crippen LogP contribution in [-0.4, -0.2) is 59.0 Å². The summed E-state index contributed by atoms with van der Waals surface area (Å²) in [4.78, 5) is 11.0. The molecule has 8 N–H and O–H groups in total. The average molecular weight is 843 g/mol. The first-order chi connectivity index (χ1) is 26.1. The van der Waals surface area contributed by atoms with Crippen molar-refractivity contribution in [2.24, 2.45) is 0 Å². The Labute approximate surface area is 320 Å². The highest BCUT2D eigenvalue weighted by Gasteiger charge is 2.26. The van der Waals surface area contributed by atoms with Crippen LogP contribution in [0.15, 0.2) is 117 Å². The Morgan fingerprint density at radius 1 is 0.500 bits per heavy atom. The summed E-state index contributed by atoms with van der Waals surface area (Å²) in [6.45, 7) is 2.77. The van der Waals surface area contributed by atoms with Crippen LogP contribution in [0.1, 0.15) is 11.1 Å². The van der Waals surface area contributed by atoms with E-state index in [9.17, 15) is 57.8 Å². The van der Waals surface area contributed by atoms with E-state index in [1.807, 2.05) is 0 Å². The number of rotatable bonds is 10. The number of phenolic OH excluding ortho intramolecular Hbond substituents is 2. The van der Waals surface area contributed by atoms with Gasteiger partial charge in [-0.25, -0.2) is 31.1 Å². The van der Waals surface area contributed by atoms with Crippen molar-refractivity contribution in [2.45, 2.75) is 33.4 Å². The van der Waals surface area contributed by atoms with Gasteiger partial charge in [0.2, 0.25) is 0 Å². The summed E-state index contributed by atoms with van der Waals surface area (Å²) in [5.41, 5.74) is 0.944. The number of carbonyl (C=O) groups excluding carboxylic acids is 1. The van der Waals surface area contributed by atoms with Crippen molar-refractivity contribution in [1.82, 2.24) is 9.44 Å². The molecule has 0 unspecified atom stereocenters. The van der Waals surface area contributed by atoms with E-state index < -0.39 is 65.9 Å². The lowest BCUT2D eigenvalue weighted by molar-refractivity contribution is 0.250. The first-order valence-corrected chi connectivity index (χ1v) is 21.7. The molecule has 2 amide bonds. The van der Waals surface area contributed by atoms with Crippen LogP contribution in [0.25, 0.3) is 21.5 Å². The van der Waals surface area contributed by atoms with E-state index in [2.05, 4.69) is 10.6 Å². The number of fused-ring (bicyclic) bond motifs is 2. The molecule has 56 heavy (non-hydrogen) atoms. The van der Waals surface area contributed by atoms with E-state index in [0.29, 0.717) is 0 Å². The molecule has 292 valence electrons. The summed E-state index contributed by atoms with van der Waals surface area (Å²) < 4.78 is 124. The SMILES string of the molecule is Cc1cc(Nc2cccc3c(O)ccc(S(=O)(=O)O)c23)ccc1S(=O)(=O)NC(=O)NS(=O)(=O)c1ccc(Nc2cccc3c(O)ccc(S(=O)(=O)O)c23)cc1C. The number of anilines is 4. The first-order valence-electron chi connectivity index (χ1n) is 15.9. The third kappa shape index (κ3) is 7.89. The maximum Gasteiger partial charge on any atom is 0.342 e. The number of urea groups is 1. The van der Waals surface area contributed by atoms with Gasteiger partial charge in [0.15, 0.2) is 0 Å². The lowest BCUT2D eigenvalue weighted by Gasteiger charge is -2.16. The topological polar surface area (TPSA) is 283 Å². The third-order valence-corrected chi connectivity index (χ3v) is 13.2. The molecule has 0 aliphatic heterocycles. The Bertz CT molecular complexity index is 2880. The van der Waals surface area contributed by atoms with Gasteiger partial charge >= 0.3 is 6.03 Å². The van der Waals surface area contributed by atoms with E-state index >= 15 is 0 Å². The predicted octanol–water partition coefficient (Wildman–Crippen LogP) is 5.38. The number of aromatic hydroxyl groups is 2. The number of hydrogen-bond donors (Lipinski definition) is 8. The normalized spacial score (nSPS) is 12.4. The van der Waals surface area contributed by atoms with Crippen LogP contribution in [0.5, 0.6) is 11.5 Å². The Kier molecular flexibility index (Phi) is 10.1. The van der Waals surface area contributed by atoms with Gasteiger partial charge in [0.05, 0.1) is 9.79 Å². The molecule has 0 bridgehead atoms. The fraction of sp³-hybridized carbons (Fsp3) is 0.0571. The van der Waals surface area contributed by atoms with Crippen molar-refractivity contribution in [3.05, 3.63) is 108 Å². The number of benzene rings is 6. The number of aryl methyl sites for hydroxylation is 2. The number of sulfonamides is 2. The van der Waals surface area contributed by atoms with E-state index in [1.54, 1.807) is 9.44 Å². The van der Waals surface area contributed by atoms with Crippen molar-refractivity contribution in [3.63, 3.8) is 0 Å². The monoisotopic (exact) mass is 842 g/mol. The summed E-state index contributed by atoms with van der Waals surface area (Å²) in [6, 6.07) is 19.0. The van der Waals surface area contributed by atoms with Crippen LogP contribution in [0.4, 0.5) is 27.5 Å². The Morgan fingerprint density at radius 2 is 0.857 bits per heavy atom. The van der Waals surface area contributed by atoms with Crippen molar-refractivity contribution < 1.29 is 57.8 Å². The third-order valence-electron chi connectivity index (χ3n) is 8.46. The quantitative estimate of drug-likeness (QED) is 0.0804. The average Bonchev–Trinajstić information content (AvgIpc) is 3.07. The Morgan fingerprint density at radius 3 is 1.20 bits per heavy atom. The van der Waals surface area contributed by atoms with E-state index in [0.717, 1.165) is 36.4 Å². The standard InChI is InChI=1S/C35H30N4O13S4/c1-19-17-21(36-25-7-3-5-23-27(40)11-15-31(33(23)25)55(47,48)49)9-13-29(19)53(43,44)38-35(42)39-54(45,46)30-14-10-22(18-20(30)2)37-26-8-4-6-24-28(41)12-16-32(34(24)26)56(50,51)52/h3-18,36-37,40-41H,1-2H3,(H2,38,39,42)(H,47,48,49)(H,50,51,52). The minimum atomic E-state index is -4.72. The molecule has 0 aromatic heterocycles. The maximum atomic E-state index is 13.2. The van der Waals surface area contributed by atoms with Gasteiger partial charge in [0, 0.05) is 44.3 Å². The zero-order valence-electron chi connectivity index (χ0n) is 28.8. The van der Waals surface area contributed by atoms with Gasteiger partial charge in [0.25, 0.3) is 40.3 Å². The smallest absolute Gasteiger partial charge is 0.342 e. The van der Waals surface area contributed by atoms with E-state index in [1.165, 1.54) is 74.5 Å². The van der Waals surface area contributed by atoms with Crippen LogP contribution < -0.4 is 20.1 Å². The minimum Gasteiger partial charge on any atom is -0.507 e. The molecule has 6 rings (SSSR count). The Hall–Kier alpha value is -5.97. The lowest BCUT2D eigenvalue weighted by atomic mass is 10.1. The molecule has 21 heteroatoms. The molecule has 6 aromatic carbocycles. The second kappa shape index (κ2) is 14.3. The summed E-state index contributed by atoms with van der Waals surface area (Å²) >= 11 is 0. The molecule has 17 nitrogen and oxygen atoms in total. The van der Waals surface area contributed by atoms with Crippen LogP contribution in [0.2, 0.25) is 0 Å². The van der Waals surface area contributed by atoms with Crippen LogP contribution in [-0.2, 0) is 40.3 Å². The maximum absolute atomic E-state index is 13.2. The number of nitrogens with one attached hydrogen (secondary N) is 4. The van der Waals surface area contributed by atoms with E-state index in [4.69, 9.17) is 0 Å². The van der Waals surface area contributed by atoms with Gasteiger partial charge in [0.1, 0.15) is 21.3 Å². The van der Waals surface area contributed by atoms with Gasteiger partial charge in [-0.05, 0) is 97.8 Å². The van der Waals surface area contributed by atoms with Gasteiger partial charge < -0.3 is 20.8 Å². The summed E-state index contributed by atoms with van der Waals surface area (Å²) in [5.74, 6) is -0.523. The number of hydrogen-bond acceptors (Lipinski definition) is 13. The van der Waals surface area contributed by atoms with Crippen molar-refractivity contribution in [1.29, 1.82) is 0 Å². The van der Waals surface area contributed by atoms with Crippen LogP contribution >= 0.6 is 0 Å². The molecular weight excluding hydrogens is 813 g/mol. The highest BCUT2D eigenvalue weighted by Crippen LogP contribution is 2.38. The van der Waals surface area contributed by atoms with Crippen LogP contribution in [0.3, 0.4) is 0 Å². The lowest BCUT2D eigenvalue weighted by Crippen LogP contribution is -2.42. The van der Waals surface area contributed by atoms with Crippen molar-refractivity contribution in [2.75, 3.05) is 10.6 Å². The zero-order valence-corrected chi connectivity index (χ0v) is 32.1. The molecule has 0 heterocycles. The molecule has 0 atom stereocenters. The summed E-state index contributed by atoms with van der Waals surface area (Å²) in [7, 11) is -18.8. The molecule has 0 saturated carbocycles. The molecular formula is C35H30N4O13S4. The van der Waals surface area contributed by atoms with Gasteiger partial charge in [-0.3, -0.25) is 9.11 Å². The molecule has 6 aromatic rings. The second-order valence-electron chi connectivity index (χ2n) is 12.3. The van der Waals surface area contributed by atoms with E-state index in [-0.39, 0.29) is 66.9 Å². The van der Waals surface area contributed by atoms with Gasteiger partial charge in [-0.1, -0.05) is 24.3 Å². The second-order valence-corrected chi connectivity index (χ2v) is 18.4.